The van der Waals surface area contributed by atoms with Gasteiger partial charge in [-0.2, -0.15) is 0 Å². The Kier molecular flexibility index (Phi) is 13.5. The zero-order chi connectivity index (χ0) is 5.58. The van der Waals surface area contributed by atoms with Crippen LogP contribution in [0.2, 0.25) is 0 Å². The summed E-state index contributed by atoms with van der Waals surface area (Å²) < 4.78 is 0. The van der Waals surface area contributed by atoms with Crippen molar-refractivity contribution in [3.8, 4) is 0 Å². The Morgan fingerprint density at radius 2 is 1.00 bits per heavy atom. The van der Waals surface area contributed by atoms with E-state index in [0.717, 1.165) is 0 Å². The lowest BCUT2D eigenvalue weighted by Crippen LogP contribution is -1.99. The second-order valence-electron chi connectivity index (χ2n) is 1.34. The molecule has 0 aliphatic carbocycles. The third-order valence-corrected chi connectivity index (χ3v) is 0. The second-order valence-corrected chi connectivity index (χ2v) is 1.34. The fraction of sp³-hybridized carbons (Fsp3) is 0.600. The molecule has 38 valence electrons. The van der Waals surface area contributed by atoms with Crippen LogP contribution >= 0.6 is 0 Å². The van der Waals surface area contributed by atoms with Gasteiger partial charge >= 0.3 is 0 Å². The van der Waals surface area contributed by atoms with Crippen LogP contribution in [0.25, 0.3) is 0 Å². The molecule has 0 radical (unpaired) electrons. The number of hydrogen-bond acceptors (Lipinski definition) is 1. The smallest absolute Gasteiger partial charge is 0.0140 e. The molecule has 0 aromatic heterocycles. The summed E-state index contributed by atoms with van der Waals surface area (Å²) >= 11 is 0. The highest BCUT2D eigenvalue weighted by molar-refractivity contribution is 4.22. The van der Waals surface area contributed by atoms with E-state index in [1.54, 1.807) is 0 Å². The van der Waals surface area contributed by atoms with Crippen LogP contribution in [0.4, 0.5) is 0 Å². The van der Waals surface area contributed by atoms with Crippen molar-refractivity contribution in [3.63, 3.8) is 0 Å². The Bertz CT molecular complexity index is 15.1. The molecule has 0 rings (SSSR count). The quantitative estimate of drug-likeness (QED) is 0.398. The van der Waals surface area contributed by atoms with Crippen molar-refractivity contribution < 1.29 is 0 Å². The van der Waals surface area contributed by atoms with E-state index in [4.69, 9.17) is 0 Å². The molecule has 0 N–H and O–H groups in total. The van der Waals surface area contributed by atoms with Gasteiger partial charge in [0.25, 0.3) is 0 Å². The molecule has 0 saturated carbocycles. The van der Waals surface area contributed by atoms with Gasteiger partial charge in [-0.3, -0.25) is 0 Å². The lowest BCUT2D eigenvalue weighted by molar-refractivity contribution is 0.505. The number of nitrogens with zero attached hydrogens (tertiary/aromatic N) is 1. The number of hydrogen-bond donors (Lipinski definition) is 0. The van der Waals surface area contributed by atoms with E-state index in [9.17, 15) is 0 Å². The van der Waals surface area contributed by atoms with Gasteiger partial charge in [-0.25, -0.2) is 0 Å². The topological polar surface area (TPSA) is 3.24 Å². The van der Waals surface area contributed by atoms with Gasteiger partial charge < -0.3 is 4.90 Å². The minimum atomic E-state index is 2.00. The summed E-state index contributed by atoms with van der Waals surface area (Å²) in [6.45, 7) is 6.00. The van der Waals surface area contributed by atoms with Crippen LogP contribution in [0.15, 0.2) is 13.2 Å². The molecule has 6 heavy (non-hydrogen) atoms. The molecule has 0 bridgehead atoms. The predicted octanol–water partition coefficient (Wildman–Crippen LogP) is 0.980. The summed E-state index contributed by atoms with van der Waals surface area (Å²) in [7, 11) is 6.00. The zero-order valence-electron chi connectivity index (χ0n) is 4.86. The van der Waals surface area contributed by atoms with E-state index < -0.39 is 0 Å². The molecule has 0 unspecified atom stereocenters. The fourth-order valence-corrected chi connectivity index (χ4v) is 0. The summed E-state index contributed by atoms with van der Waals surface area (Å²) in [5, 5.41) is 0. The van der Waals surface area contributed by atoms with Gasteiger partial charge in [-0.15, -0.1) is 13.2 Å². The molecule has 0 aliphatic rings. The average molecular weight is 87.2 g/mol. The van der Waals surface area contributed by atoms with Gasteiger partial charge in [0.05, 0.1) is 0 Å². The van der Waals surface area contributed by atoms with Gasteiger partial charge in [-0.05, 0) is 21.1 Å². The molecule has 0 aromatic carbocycles. The molecule has 0 saturated heterocycles. The predicted molar refractivity (Wildman–Crippen MR) is 30.9 cm³/mol. The summed E-state index contributed by atoms with van der Waals surface area (Å²) in [6.07, 6.45) is 0. The Labute approximate surface area is 40.3 Å². The number of rotatable bonds is 0. The van der Waals surface area contributed by atoms with Crippen molar-refractivity contribution >= 4 is 0 Å². The molecule has 0 aromatic rings. The molecule has 0 fully saturated rings. The highest BCUT2D eigenvalue weighted by Gasteiger charge is 1.58. The van der Waals surface area contributed by atoms with Crippen molar-refractivity contribution in [3.05, 3.63) is 13.2 Å². The summed E-state index contributed by atoms with van der Waals surface area (Å²) in [4.78, 5) is 2.00. The van der Waals surface area contributed by atoms with E-state index in [1.807, 2.05) is 26.0 Å². The lowest BCUT2D eigenvalue weighted by atomic mass is 11.0. The third kappa shape index (κ3) is 300. The highest BCUT2D eigenvalue weighted by Crippen LogP contribution is 1.47. The second kappa shape index (κ2) is 8.83. The van der Waals surface area contributed by atoms with Gasteiger partial charge in [-0.1, -0.05) is 0 Å². The zero-order valence-corrected chi connectivity index (χ0v) is 4.86. The summed E-state index contributed by atoms with van der Waals surface area (Å²) in [6, 6.07) is 0. The first-order valence-electron chi connectivity index (χ1n) is 1.84. The van der Waals surface area contributed by atoms with E-state index in [0.29, 0.717) is 0 Å². The first-order chi connectivity index (χ1) is 2.73. The van der Waals surface area contributed by atoms with Crippen LogP contribution in [0.1, 0.15) is 0 Å². The minimum absolute atomic E-state index is 2.00. The van der Waals surface area contributed by atoms with Crippen molar-refractivity contribution in [2.75, 3.05) is 21.1 Å². The monoisotopic (exact) mass is 87.1 g/mol. The van der Waals surface area contributed by atoms with Crippen LogP contribution in [0.3, 0.4) is 0 Å². The van der Waals surface area contributed by atoms with Crippen molar-refractivity contribution in [2.45, 2.75) is 0 Å². The molecule has 1 heteroatoms. The average Bonchev–Trinajstić information content (AvgIpc) is 1.41. The van der Waals surface area contributed by atoms with E-state index in [2.05, 4.69) is 13.2 Å². The molecule has 0 heterocycles. The Morgan fingerprint density at radius 1 is 1.00 bits per heavy atom. The van der Waals surface area contributed by atoms with Crippen molar-refractivity contribution in [1.29, 1.82) is 0 Å². The molecular formula is C5H13N. The van der Waals surface area contributed by atoms with Gasteiger partial charge in [0, 0.05) is 0 Å². The standard InChI is InChI=1S/C3H9N.C2H4/c1-4(2)3;1-2/h1-3H3;1-2H2. The summed E-state index contributed by atoms with van der Waals surface area (Å²) in [5.74, 6) is 0. The maximum absolute atomic E-state index is 3.00. The Balaban J connectivity index is 0. The fourth-order valence-electron chi connectivity index (χ4n) is 0. The maximum atomic E-state index is 3.00. The highest BCUT2D eigenvalue weighted by atomic mass is 15.0. The molecule has 1 nitrogen and oxygen atoms in total. The largest absolute Gasteiger partial charge is 0.312 e. The summed E-state index contributed by atoms with van der Waals surface area (Å²) in [5.41, 5.74) is 0. The molecule has 0 spiro atoms. The van der Waals surface area contributed by atoms with Crippen molar-refractivity contribution in [2.24, 2.45) is 0 Å². The first-order valence-corrected chi connectivity index (χ1v) is 1.84. The van der Waals surface area contributed by atoms with Crippen LogP contribution < -0.4 is 0 Å². The molecular weight excluding hydrogens is 74.1 g/mol. The van der Waals surface area contributed by atoms with Crippen LogP contribution in [-0.2, 0) is 0 Å². The Morgan fingerprint density at radius 3 is 1.00 bits per heavy atom. The van der Waals surface area contributed by atoms with E-state index >= 15 is 0 Å². The Hall–Kier alpha value is -0.300. The van der Waals surface area contributed by atoms with Gasteiger partial charge in [0.1, 0.15) is 0 Å². The van der Waals surface area contributed by atoms with Crippen LogP contribution in [0.5, 0.6) is 0 Å². The van der Waals surface area contributed by atoms with Crippen molar-refractivity contribution in [1.82, 2.24) is 4.90 Å². The third-order valence-electron chi connectivity index (χ3n) is 0. The lowest BCUT2D eigenvalue weighted by Gasteiger charge is -1.90. The maximum Gasteiger partial charge on any atom is -0.0140 e. The van der Waals surface area contributed by atoms with Crippen LogP contribution in [-0.4, -0.2) is 26.0 Å². The SMILES string of the molecule is C=C.CN(C)C. The first kappa shape index (κ1) is 9.20. The van der Waals surface area contributed by atoms with E-state index in [1.165, 1.54) is 0 Å². The molecule has 0 amide bonds. The van der Waals surface area contributed by atoms with E-state index in [-0.39, 0.29) is 0 Å². The molecule has 0 aliphatic heterocycles. The van der Waals surface area contributed by atoms with Gasteiger partial charge in [0.15, 0.2) is 0 Å². The minimum Gasteiger partial charge on any atom is -0.312 e. The van der Waals surface area contributed by atoms with Gasteiger partial charge in [0.2, 0.25) is 0 Å². The van der Waals surface area contributed by atoms with Crippen LogP contribution in [0, 0.1) is 0 Å². The normalized spacial score (nSPS) is 6.67. The molecule has 0 atom stereocenters.